The van der Waals surface area contributed by atoms with E-state index < -0.39 is 0 Å². The van der Waals surface area contributed by atoms with Gasteiger partial charge in [-0.15, -0.1) is 0 Å². The van der Waals surface area contributed by atoms with Gasteiger partial charge in [-0.2, -0.15) is 0 Å². The average molecular weight is 208 g/mol. The highest BCUT2D eigenvalue weighted by Crippen LogP contribution is 2.08. The highest BCUT2D eigenvalue weighted by molar-refractivity contribution is 5.87. The number of hydrogen-bond donors (Lipinski definition) is 0. The Labute approximate surface area is 94.3 Å². The second-order valence-corrected chi connectivity index (χ2v) is 4.40. The van der Waals surface area contributed by atoms with Crippen molar-refractivity contribution >= 4 is 5.78 Å². The van der Waals surface area contributed by atoms with Gasteiger partial charge in [0.15, 0.2) is 5.78 Å². The third-order valence-corrected chi connectivity index (χ3v) is 2.19. The molecule has 0 aromatic carbocycles. The van der Waals surface area contributed by atoms with Crippen LogP contribution in [0.5, 0.6) is 0 Å². The smallest absolute Gasteiger partial charge is 0.152 e. The Morgan fingerprint density at radius 1 is 1.13 bits per heavy atom. The summed E-state index contributed by atoms with van der Waals surface area (Å²) >= 11 is 0. The molecule has 0 N–H and O–H groups in total. The van der Waals surface area contributed by atoms with Crippen LogP contribution in [-0.4, -0.2) is 5.78 Å². The van der Waals surface area contributed by atoms with Gasteiger partial charge >= 0.3 is 0 Å². The minimum absolute atomic E-state index is 0.125. The molecule has 0 fully saturated rings. The Morgan fingerprint density at radius 2 is 1.87 bits per heavy atom. The van der Waals surface area contributed by atoms with Crippen molar-refractivity contribution in [3.8, 4) is 0 Å². The van der Waals surface area contributed by atoms with Crippen LogP contribution < -0.4 is 0 Å². The van der Waals surface area contributed by atoms with Crippen LogP contribution in [0.2, 0.25) is 0 Å². The molecule has 0 spiro atoms. The summed E-state index contributed by atoms with van der Waals surface area (Å²) in [5.41, 5.74) is 0. The predicted octanol–water partition coefficient (Wildman–Crippen LogP) is 4.29. The van der Waals surface area contributed by atoms with E-state index >= 15 is 0 Å². The van der Waals surface area contributed by atoms with E-state index in [1.54, 1.807) is 13.0 Å². The van der Waals surface area contributed by atoms with Gasteiger partial charge in [-0.25, -0.2) is 0 Å². The molecule has 0 aromatic heterocycles. The predicted molar refractivity (Wildman–Crippen MR) is 66.9 cm³/mol. The quantitative estimate of drug-likeness (QED) is 0.330. The largest absolute Gasteiger partial charge is 0.295 e. The molecular formula is C14H24O. The van der Waals surface area contributed by atoms with Gasteiger partial charge in [0.2, 0.25) is 0 Å². The number of carbonyl (C=O) groups is 1. The van der Waals surface area contributed by atoms with E-state index in [1.807, 2.05) is 6.08 Å². The van der Waals surface area contributed by atoms with Crippen LogP contribution in [0.4, 0.5) is 0 Å². The maximum absolute atomic E-state index is 10.6. The number of rotatable bonds is 8. The first-order chi connectivity index (χ1) is 7.13. The highest BCUT2D eigenvalue weighted by atomic mass is 16.1. The molecule has 0 aliphatic heterocycles. The highest BCUT2D eigenvalue weighted by Gasteiger charge is 1.91. The van der Waals surface area contributed by atoms with E-state index in [4.69, 9.17) is 0 Å². The first kappa shape index (κ1) is 14.2. The van der Waals surface area contributed by atoms with Crippen LogP contribution >= 0.6 is 0 Å². The average Bonchev–Trinajstić information content (AvgIpc) is 2.14. The molecule has 0 aliphatic carbocycles. The maximum Gasteiger partial charge on any atom is 0.152 e. The van der Waals surface area contributed by atoms with Crippen LogP contribution in [0.3, 0.4) is 0 Å². The molecule has 0 bridgehead atoms. The van der Waals surface area contributed by atoms with Crippen LogP contribution in [-0.2, 0) is 4.79 Å². The molecule has 0 amide bonds. The fraction of sp³-hybridized carbons (Fsp3) is 0.643. The Balaban J connectivity index is 3.28. The summed E-state index contributed by atoms with van der Waals surface area (Å²) < 4.78 is 0. The maximum atomic E-state index is 10.6. The van der Waals surface area contributed by atoms with Crippen molar-refractivity contribution in [2.45, 2.75) is 52.9 Å². The number of unbranched alkanes of at least 4 members (excludes halogenated alkanes) is 2. The monoisotopic (exact) mass is 208 g/mol. The van der Waals surface area contributed by atoms with Crippen LogP contribution in [0, 0.1) is 5.92 Å². The minimum Gasteiger partial charge on any atom is -0.295 e. The molecule has 0 unspecified atom stereocenters. The molecule has 1 heteroatoms. The van der Waals surface area contributed by atoms with Gasteiger partial charge in [-0.3, -0.25) is 4.79 Å². The molecule has 0 aliphatic rings. The summed E-state index contributed by atoms with van der Waals surface area (Å²) in [5.74, 6) is 0.952. The van der Waals surface area contributed by atoms with Crippen LogP contribution in [0.15, 0.2) is 24.3 Å². The Hall–Kier alpha value is -0.850. The second kappa shape index (κ2) is 9.70. The van der Waals surface area contributed by atoms with Crippen molar-refractivity contribution in [2.75, 3.05) is 0 Å². The fourth-order valence-corrected chi connectivity index (χ4v) is 1.34. The molecule has 15 heavy (non-hydrogen) atoms. The van der Waals surface area contributed by atoms with Crippen molar-refractivity contribution in [1.82, 2.24) is 0 Å². The normalized spacial score (nSPS) is 12.0. The molecule has 0 saturated heterocycles. The molecule has 1 nitrogen and oxygen atoms in total. The van der Waals surface area contributed by atoms with Crippen molar-refractivity contribution in [1.29, 1.82) is 0 Å². The molecule has 0 atom stereocenters. The molecule has 0 heterocycles. The van der Waals surface area contributed by atoms with Gasteiger partial charge in [0.05, 0.1) is 0 Å². The van der Waals surface area contributed by atoms with E-state index in [0.29, 0.717) is 0 Å². The molecular weight excluding hydrogens is 184 g/mol. The summed E-state index contributed by atoms with van der Waals surface area (Å²) in [6, 6.07) is 0. The van der Waals surface area contributed by atoms with Crippen LogP contribution in [0.1, 0.15) is 52.9 Å². The molecule has 0 rings (SSSR count). The van der Waals surface area contributed by atoms with Gasteiger partial charge in [-0.05, 0) is 38.2 Å². The van der Waals surface area contributed by atoms with E-state index in [1.165, 1.54) is 25.7 Å². The van der Waals surface area contributed by atoms with Gasteiger partial charge < -0.3 is 0 Å². The zero-order valence-electron chi connectivity index (χ0n) is 10.3. The Bertz CT molecular complexity index is 211. The van der Waals surface area contributed by atoms with Gasteiger partial charge in [0.25, 0.3) is 0 Å². The second-order valence-electron chi connectivity index (χ2n) is 4.40. The van der Waals surface area contributed by atoms with Gasteiger partial charge in [-0.1, -0.05) is 44.9 Å². The molecule has 0 radical (unpaired) electrons. The molecule has 0 aromatic rings. The Kier molecular flexibility index (Phi) is 9.15. The molecule has 0 saturated carbocycles. The summed E-state index contributed by atoms with van der Waals surface area (Å²) in [6.07, 6.45) is 13.9. The summed E-state index contributed by atoms with van der Waals surface area (Å²) in [4.78, 5) is 10.6. The third-order valence-electron chi connectivity index (χ3n) is 2.19. The summed E-state index contributed by atoms with van der Waals surface area (Å²) in [7, 11) is 0. The lowest BCUT2D eigenvalue weighted by Crippen LogP contribution is -1.85. The summed E-state index contributed by atoms with van der Waals surface area (Å²) in [5, 5.41) is 0. The van der Waals surface area contributed by atoms with Crippen LogP contribution in [0.25, 0.3) is 0 Å². The number of hydrogen-bond acceptors (Lipinski definition) is 1. The number of carbonyl (C=O) groups excluding carboxylic acids is 1. The van der Waals surface area contributed by atoms with Crippen molar-refractivity contribution in [3.05, 3.63) is 24.3 Å². The van der Waals surface area contributed by atoms with Crippen molar-refractivity contribution < 1.29 is 4.79 Å². The number of ketones is 1. The van der Waals surface area contributed by atoms with E-state index in [2.05, 4.69) is 26.0 Å². The lowest BCUT2D eigenvalue weighted by Gasteiger charge is -2.01. The summed E-state index contributed by atoms with van der Waals surface area (Å²) in [6.45, 7) is 6.11. The van der Waals surface area contributed by atoms with E-state index in [0.717, 1.165) is 12.3 Å². The van der Waals surface area contributed by atoms with Gasteiger partial charge in [0.1, 0.15) is 0 Å². The zero-order valence-corrected chi connectivity index (χ0v) is 10.3. The standard InChI is InChI=1S/C14H24O/c1-13(2)11-9-7-5-4-6-8-10-12-14(3)15/h4,6,10,12-13H,5,7-9,11H2,1-3H3/b6-4-,12-10+. The van der Waals surface area contributed by atoms with Gasteiger partial charge in [0, 0.05) is 0 Å². The SMILES string of the molecule is CC(=O)/C=C/C/C=C\CCCCC(C)C. The van der Waals surface area contributed by atoms with E-state index in [9.17, 15) is 4.79 Å². The minimum atomic E-state index is 0.125. The van der Waals surface area contributed by atoms with Crippen molar-refractivity contribution in [3.63, 3.8) is 0 Å². The first-order valence-corrected chi connectivity index (χ1v) is 5.95. The molecule has 86 valence electrons. The first-order valence-electron chi connectivity index (χ1n) is 5.95. The van der Waals surface area contributed by atoms with Crippen molar-refractivity contribution in [2.24, 2.45) is 5.92 Å². The third kappa shape index (κ3) is 13.2. The lowest BCUT2D eigenvalue weighted by molar-refractivity contribution is -0.112. The Morgan fingerprint density at radius 3 is 2.47 bits per heavy atom. The van der Waals surface area contributed by atoms with E-state index in [-0.39, 0.29) is 5.78 Å². The zero-order chi connectivity index (χ0) is 11.5. The topological polar surface area (TPSA) is 17.1 Å². The lowest BCUT2D eigenvalue weighted by atomic mass is 10.1. The fourth-order valence-electron chi connectivity index (χ4n) is 1.34. The number of allylic oxidation sites excluding steroid dienone is 4.